The van der Waals surface area contributed by atoms with Crippen LogP contribution in [0.25, 0.3) is 5.69 Å². The summed E-state index contributed by atoms with van der Waals surface area (Å²) in [6.45, 7) is 6.41. The number of carbonyl (C=O) groups excluding carboxylic acids is 1. The van der Waals surface area contributed by atoms with Crippen molar-refractivity contribution >= 4 is 17.7 Å². The number of para-hydroxylation sites is 1. The van der Waals surface area contributed by atoms with E-state index in [4.69, 9.17) is 0 Å². The van der Waals surface area contributed by atoms with Gasteiger partial charge in [0.2, 0.25) is 11.1 Å². The number of aryl methyl sites for hydroxylation is 2. The van der Waals surface area contributed by atoms with Crippen LogP contribution in [0.5, 0.6) is 0 Å². The normalized spacial score (nSPS) is 12.0. The molecule has 134 valence electrons. The van der Waals surface area contributed by atoms with Crippen LogP contribution in [0.3, 0.4) is 0 Å². The lowest BCUT2D eigenvalue weighted by atomic mass is 10.1. The standard InChI is InChI=1S/C19H21N5OS/c1-13-8-7-9-14(2)17(13)24-19(21-22-23-24)26-15(3)18(25)20-12-16-10-5-4-6-11-16/h4-11,15H,12H2,1-3H3,(H,20,25)/t15-/m0/s1. The second-order valence-corrected chi connectivity index (χ2v) is 7.39. The van der Waals surface area contributed by atoms with Crippen molar-refractivity contribution in [2.24, 2.45) is 0 Å². The van der Waals surface area contributed by atoms with Crippen molar-refractivity contribution in [3.05, 3.63) is 65.2 Å². The highest BCUT2D eigenvalue weighted by Gasteiger charge is 2.20. The largest absolute Gasteiger partial charge is 0.351 e. The lowest BCUT2D eigenvalue weighted by Gasteiger charge is -2.13. The van der Waals surface area contributed by atoms with E-state index < -0.39 is 0 Å². The molecule has 0 unspecified atom stereocenters. The summed E-state index contributed by atoms with van der Waals surface area (Å²) in [7, 11) is 0. The maximum Gasteiger partial charge on any atom is 0.233 e. The third-order valence-corrected chi connectivity index (χ3v) is 5.09. The summed E-state index contributed by atoms with van der Waals surface area (Å²) in [5.74, 6) is -0.0464. The van der Waals surface area contributed by atoms with Gasteiger partial charge in [0.05, 0.1) is 10.9 Å². The number of nitrogens with one attached hydrogen (secondary N) is 1. The Morgan fingerprint density at radius 3 is 2.50 bits per heavy atom. The summed E-state index contributed by atoms with van der Waals surface area (Å²) >= 11 is 1.35. The van der Waals surface area contributed by atoms with E-state index in [1.54, 1.807) is 4.68 Å². The minimum Gasteiger partial charge on any atom is -0.351 e. The molecule has 6 nitrogen and oxygen atoms in total. The first kappa shape index (κ1) is 18.1. The fraction of sp³-hybridized carbons (Fsp3) is 0.263. The molecule has 0 radical (unpaired) electrons. The molecule has 0 aliphatic heterocycles. The fourth-order valence-electron chi connectivity index (χ4n) is 2.67. The Labute approximate surface area is 157 Å². The van der Waals surface area contributed by atoms with Crippen molar-refractivity contribution < 1.29 is 4.79 Å². The molecule has 0 aliphatic carbocycles. The van der Waals surface area contributed by atoms with Gasteiger partial charge in [-0.3, -0.25) is 4.79 Å². The average molecular weight is 367 g/mol. The highest BCUT2D eigenvalue weighted by atomic mass is 32.2. The Morgan fingerprint density at radius 2 is 1.81 bits per heavy atom. The maximum atomic E-state index is 12.4. The van der Waals surface area contributed by atoms with Crippen molar-refractivity contribution in [3.8, 4) is 5.69 Å². The summed E-state index contributed by atoms with van der Waals surface area (Å²) in [6.07, 6.45) is 0. The molecule has 3 rings (SSSR count). The Bertz CT molecular complexity index is 874. The number of amides is 1. The lowest BCUT2D eigenvalue weighted by Crippen LogP contribution is -2.30. The van der Waals surface area contributed by atoms with Crippen molar-refractivity contribution in [1.82, 2.24) is 25.5 Å². The number of aromatic nitrogens is 4. The van der Waals surface area contributed by atoms with Gasteiger partial charge in [-0.15, -0.1) is 5.10 Å². The second-order valence-electron chi connectivity index (χ2n) is 6.08. The number of benzene rings is 2. The molecule has 1 aromatic heterocycles. The summed E-state index contributed by atoms with van der Waals surface area (Å²) in [5, 5.41) is 15.3. The second kappa shape index (κ2) is 8.14. The van der Waals surface area contributed by atoms with Crippen molar-refractivity contribution in [2.45, 2.75) is 37.7 Å². The maximum absolute atomic E-state index is 12.4. The van der Waals surface area contributed by atoms with Crippen molar-refractivity contribution in [3.63, 3.8) is 0 Å². The van der Waals surface area contributed by atoms with Crippen LogP contribution in [0.15, 0.2) is 53.7 Å². The molecule has 26 heavy (non-hydrogen) atoms. The van der Waals surface area contributed by atoms with Gasteiger partial charge in [-0.25, -0.2) is 0 Å². The van der Waals surface area contributed by atoms with Crippen LogP contribution >= 0.6 is 11.8 Å². The zero-order valence-electron chi connectivity index (χ0n) is 15.0. The molecule has 7 heteroatoms. The van der Waals surface area contributed by atoms with Crippen LogP contribution in [0, 0.1) is 13.8 Å². The quantitative estimate of drug-likeness (QED) is 0.678. The van der Waals surface area contributed by atoms with Crippen molar-refractivity contribution in [2.75, 3.05) is 0 Å². The van der Waals surface area contributed by atoms with Crippen LogP contribution in [-0.2, 0) is 11.3 Å². The Hall–Kier alpha value is -2.67. The van der Waals surface area contributed by atoms with Crippen molar-refractivity contribution in [1.29, 1.82) is 0 Å². The van der Waals surface area contributed by atoms with E-state index in [9.17, 15) is 4.79 Å². The zero-order valence-corrected chi connectivity index (χ0v) is 15.8. The molecule has 0 saturated heterocycles. The molecular formula is C19H21N5OS. The molecular weight excluding hydrogens is 346 g/mol. The minimum atomic E-state index is -0.312. The van der Waals surface area contributed by atoms with Gasteiger partial charge in [-0.05, 0) is 47.9 Å². The summed E-state index contributed by atoms with van der Waals surface area (Å²) in [6, 6.07) is 15.9. The lowest BCUT2D eigenvalue weighted by molar-refractivity contribution is -0.120. The monoisotopic (exact) mass is 367 g/mol. The molecule has 1 N–H and O–H groups in total. The Morgan fingerprint density at radius 1 is 1.12 bits per heavy atom. The van der Waals surface area contributed by atoms with Gasteiger partial charge in [-0.1, -0.05) is 60.3 Å². The van der Waals surface area contributed by atoms with E-state index in [0.717, 1.165) is 22.4 Å². The van der Waals surface area contributed by atoms with E-state index >= 15 is 0 Å². The molecule has 0 aliphatic rings. The SMILES string of the molecule is Cc1cccc(C)c1-n1nnnc1S[C@@H](C)C(=O)NCc1ccccc1. The summed E-state index contributed by atoms with van der Waals surface area (Å²) in [4.78, 5) is 12.4. The first-order valence-corrected chi connectivity index (χ1v) is 9.27. The summed E-state index contributed by atoms with van der Waals surface area (Å²) in [5.41, 5.74) is 4.19. The van der Waals surface area contributed by atoms with E-state index in [1.807, 2.05) is 69.3 Å². The van der Waals surface area contributed by atoms with E-state index in [1.165, 1.54) is 11.8 Å². The molecule has 0 bridgehead atoms. The smallest absolute Gasteiger partial charge is 0.233 e. The number of hydrogen-bond donors (Lipinski definition) is 1. The molecule has 0 spiro atoms. The molecule has 3 aromatic rings. The van der Waals surface area contributed by atoms with E-state index in [2.05, 4.69) is 20.8 Å². The van der Waals surface area contributed by atoms with Gasteiger partial charge >= 0.3 is 0 Å². The molecule has 1 amide bonds. The average Bonchev–Trinajstić information content (AvgIpc) is 3.08. The number of thioether (sulfide) groups is 1. The Balaban J connectivity index is 1.70. The number of rotatable bonds is 6. The van der Waals surface area contributed by atoms with Crippen LogP contribution in [0.1, 0.15) is 23.6 Å². The molecule has 0 saturated carbocycles. The zero-order chi connectivity index (χ0) is 18.5. The van der Waals surface area contributed by atoms with E-state index in [-0.39, 0.29) is 11.2 Å². The first-order valence-electron chi connectivity index (χ1n) is 8.39. The molecule has 1 heterocycles. The fourth-order valence-corrected chi connectivity index (χ4v) is 3.49. The molecule has 1 atom stereocenters. The number of carbonyl (C=O) groups is 1. The Kier molecular flexibility index (Phi) is 5.68. The number of tetrazole rings is 1. The van der Waals surface area contributed by atoms with E-state index in [0.29, 0.717) is 11.7 Å². The van der Waals surface area contributed by atoms with Crippen LogP contribution < -0.4 is 5.32 Å². The van der Waals surface area contributed by atoms with Gasteiger partial charge in [0.1, 0.15) is 0 Å². The molecule has 2 aromatic carbocycles. The van der Waals surface area contributed by atoms with Gasteiger partial charge < -0.3 is 5.32 Å². The third kappa shape index (κ3) is 4.11. The highest BCUT2D eigenvalue weighted by molar-refractivity contribution is 8.00. The predicted octanol–water partition coefficient (Wildman–Crippen LogP) is 3.08. The van der Waals surface area contributed by atoms with Gasteiger partial charge in [0.15, 0.2) is 0 Å². The number of hydrogen-bond acceptors (Lipinski definition) is 5. The van der Waals surface area contributed by atoms with Gasteiger partial charge in [0, 0.05) is 6.54 Å². The molecule has 0 fully saturated rings. The summed E-state index contributed by atoms with van der Waals surface area (Å²) < 4.78 is 1.70. The number of nitrogens with zero attached hydrogens (tertiary/aromatic N) is 4. The van der Waals surface area contributed by atoms with Gasteiger partial charge in [-0.2, -0.15) is 4.68 Å². The topological polar surface area (TPSA) is 72.7 Å². The van der Waals surface area contributed by atoms with Crippen LogP contribution in [0.2, 0.25) is 0 Å². The first-order chi connectivity index (χ1) is 12.6. The van der Waals surface area contributed by atoms with Crippen LogP contribution in [0.4, 0.5) is 0 Å². The third-order valence-electron chi connectivity index (χ3n) is 4.05. The minimum absolute atomic E-state index is 0.0464. The van der Waals surface area contributed by atoms with Crippen LogP contribution in [-0.4, -0.2) is 31.4 Å². The van der Waals surface area contributed by atoms with Gasteiger partial charge in [0.25, 0.3) is 0 Å². The predicted molar refractivity (Wildman–Crippen MR) is 102 cm³/mol. The highest BCUT2D eigenvalue weighted by Crippen LogP contribution is 2.26.